The molecule has 0 N–H and O–H groups in total. The highest BCUT2D eigenvalue weighted by Crippen LogP contribution is 2.25. The number of rotatable bonds is 5. The van der Waals surface area contributed by atoms with Gasteiger partial charge in [-0.2, -0.15) is 4.31 Å². The van der Waals surface area contributed by atoms with E-state index in [0.29, 0.717) is 17.9 Å². The first-order chi connectivity index (χ1) is 12.0. The summed E-state index contributed by atoms with van der Waals surface area (Å²) in [5, 5.41) is 0. The summed E-state index contributed by atoms with van der Waals surface area (Å²) in [6.07, 6.45) is 2.00. The molecular formula is C20H23NO3S. The van der Waals surface area contributed by atoms with Gasteiger partial charge in [0.1, 0.15) is 0 Å². The quantitative estimate of drug-likeness (QED) is 0.772. The van der Waals surface area contributed by atoms with Gasteiger partial charge in [0.15, 0.2) is 0 Å². The SMILES string of the molecule is C=C[C@H]1CN(S(=O)(=O)c2ccc(C)cc2)[C@@H](Cc2ccccc2)CO1. The molecule has 0 amide bonds. The first-order valence-corrected chi connectivity index (χ1v) is 9.81. The zero-order chi connectivity index (χ0) is 17.9. The molecule has 0 spiro atoms. The number of hydrogen-bond acceptors (Lipinski definition) is 3. The highest BCUT2D eigenvalue weighted by Gasteiger charge is 2.36. The van der Waals surface area contributed by atoms with E-state index >= 15 is 0 Å². The Bertz CT molecular complexity index is 816. The summed E-state index contributed by atoms with van der Waals surface area (Å²) in [5.41, 5.74) is 2.13. The standard InChI is InChI=1S/C20H23NO3S/c1-3-19-14-21(25(22,23)20-11-9-16(2)10-12-20)18(15-24-19)13-17-7-5-4-6-8-17/h3-12,18-19H,1,13-15H2,2H3/t18-,19-/m0/s1. The first-order valence-electron chi connectivity index (χ1n) is 8.37. The van der Waals surface area contributed by atoms with Crippen LogP contribution in [0.2, 0.25) is 0 Å². The molecular weight excluding hydrogens is 334 g/mol. The van der Waals surface area contributed by atoms with Crippen LogP contribution in [0.1, 0.15) is 11.1 Å². The molecule has 5 heteroatoms. The van der Waals surface area contributed by atoms with E-state index in [-0.39, 0.29) is 18.7 Å². The Morgan fingerprint density at radius 1 is 1.16 bits per heavy atom. The Morgan fingerprint density at radius 2 is 1.84 bits per heavy atom. The summed E-state index contributed by atoms with van der Waals surface area (Å²) in [6.45, 7) is 6.34. The molecule has 132 valence electrons. The van der Waals surface area contributed by atoms with Crippen molar-refractivity contribution in [1.82, 2.24) is 4.31 Å². The fourth-order valence-corrected chi connectivity index (χ4v) is 4.65. The second-order valence-electron chi connectivity index (χ2n) is 6.34. The number of ether oxygens (including phenoxy) is 1. The van der Waals surface area contributed by atoms with Crippen molar-refractivity contribution >= 4 is 10.0 Å². The Morgan fingerprint density at radius 3 is 2.48 bits per heavy atom. The Balaban J connectivity index is 1.91. The van der Waals surface area contributed by atoms with Gasteiger partial charge in [-0.05, 0) is 31.0 Å². The van der Waals surface area contributed by atoms with Crippen LogP contribution in [-0.2, 0) is 21.2 Å². The van der Waals surface area contributed by atoms with Crippen LogP contribution in [0.25, 0.3) is 0 Å². The monoisotopic (exact) mass is 357 g/mol. The van der Waals surface area contributed by atoms with Gasteiger partial charge in [0.2, 0.25) is 10.0 Å². The molecule has 2 aromatic rings. The third kappa shape index (κ3) is 4.00. The molecule has 1 heterocycles. The zero-order valence-corrected chi connectivity index (χ0v) is 15.2. The number of aryl methyl sites for hydroxylation is 1. The van der Waals surface area contributed by atoms with Gasteiger partial charge >= 0.3 is 0 Å². The average Bonchev–Trinajstić information content (AvgIpc) is 2.63. The number of hydrogen-bond donors (Lipinski definition) is 0. The molecule has 4 nitrogen and oxygen atoms in total. The second-order valence-corrected chi connectivity index (χ2v) is 8.23. The molecule has 3 rings (SSSR count). The molecule has 0 bridgehead atoms. The van der Waals surface area contributed by atoms with Gasteiger partial charge < -0.3 is 4.74 Å². The van der Waals surface area contributed by atoms with Crippen LogP contribution in [0, 0.1) is 6.92 Å². The Kier molecular flexibility index (Phi) is 5.37. The molecule has 0 unspecified atom stereocenters. The normalized spacial score (nSPS) is 21.8. The second kappa shape index (κ2) is 7.52. The maximum absolute atomic E-state index is 13.2. The number of morpholine rings is 1. The lowest BCUT2D eigenvalue weighted by molar-refractivity contribution is -0.00724. The van der Waals surface area contributed by atoms with Gasteiger partial charge in [0.25, 0.3) is 0 Å². The molecule has 0 aromatic heterocycles. The summed E-state index contributed by atoms with van der Waals surface area (Å²) < 4.78 is 33.7. The number of nitrogens with zero attached hydrogens (tertiary/aromatic N) is 1. The van der Waals surface area contributed by atoms with Gasteiger partial charge in [-0.15, -0.1) is 6.58 Å². The van der Waals surface area contributed by atoms with Crippen LogP contribution in [0.4, 0.5) is 0 Å². The van der Waals surface area contributed by atoms with Gasteiger partial charge in [-0.3, -0.25) is 0 Å². The lowest BCUT2D eigenvalue weighted by Gasteiger charge is -2.38. The number of sulfonamides is 1. The third-order valence-corrected chi connectivity index (χ3v) is 6.41. The van der Waals surface area contributed by atoms with Crippen molar-refractivity contribution in [3.05, 3.63) is 78.4 Å². The first kappa shape index (κ1) is 17.9. The van der Waals surface area contributed by atoms with Gasteiger partial charge in [-0.1, -0.05) is 54.1 Å². The third-order valence-electron chi connectivity index (χ3n) is 4.47. The van der Waals surface area contributed by atoms with Crippen LogP contribution in [-0.4, -0.2) is 38.0 Å². The lowest BCUT2D eigenvalue weighted by atomic mass is 10.1. The summed E-state index contributed by atoms with van der Waals surface area (Å²) in [7, 11) is -3.59. The fraction of sp³-hybridized carbons (Fsp3) is 0.300. The number of benzene rings is 2. The van der Waals surface area contributed by atoms with E-state index in [1.54, 1.807) is 22.5 Å². The van der Waals surface area contributed by atoms with Gasteiger partial charge in [-0.25, -0.2) is 8.42 Å². The van der Waals surface area contributed by atoms with Crippen LogP contribution in [0.15, 0.2) is 72.1 Å². The van der Waals surface area contributed by atoms with Crippen molar-refractivity contribution in [3.8, 4) is 0 Å². The van der Waals surface area contributed by atoms with Crippen molar-refractivity contribution in [1.29, 1.82) is 0 Å². The van der Waals surface area contributed by atoms with E-state index in [1.165, 1.54) is 0 Å². The molecule has 1 aliphatic rings. The molecule has 0 radical (unpaired) electrons. The van der Waals surface area contributed by atoms with E-state index < -0.39 is 10.0 Å². The molecule has 2 atom stereocenters. The van der Waals surface area contributed by atoms with Crippen molar-refractivity contribution in [2.45, 2.75) is 30.4 Å². The van der Waals surface area contributed by atoms with Crippen molar-refractivity contribution < 1.29 is 13.2 Å². The predicted octanol–water partition coefficient (Wildman–Crippen LogP) is 3.18. The van der Waals surface area contributed by atoms with Crippen LogP contribution < -0.4 is 0 Å². The van der Waals surface area contributed by atoms with Gasteiger partial charge in [0, 0.05) is 6.54 Å². The van der Waals surface area contributed by atoms with Crippen LogP contribution >= 0.6 is 0 Å². The predicted molar refractivity (Wildman–Crippen MR) is 98.9 cm³/mol. The smallest absolute Gasteiger partial charge is 0.243 e. The topological polar surface area (TPSA) is 46.6 Å². The van der Waals surface area contributed by atoms with Crippen molar-refractivity contribution in [2.24, 2.45) is 0 Å². The van der Waals surface area contributed by atoms with E-state index in [4.69, 9.17) is 4.74 Å². The maximum atomic E-state index is 13.2. The minimum Gasteiger partial charge on any atom is -0.371 e. The molecule has 1 saturated heterocycles. The summed E-state index contributed by atoms with van der Waals surface area (Å²) in [4.78, 5) is 0.320. The van der Waals surface area contributed by atoms with E-state index in [0.717, 1.165) is 11.1 Å². The molecule has 1 fully saturated rings. The molecule has 25 heavy (non-hydrogen) atoms. The summed E-state index contributed by atoms with van der Waals surface area (Å²) in [6, 6.07) is 16.7. The van der Waals surface area contributed by atoms with Crippen molar-refractivity contribution in [2.75, 3.05) is 13.2 Å². The minimum absolute atomic E-state index is 0.232. The molecule has 1 aliphatic heterocycles. The minimum atomic E-state index is -3.59. The van der Waals surface area contributed by atoms with E-state index in [1.807, 2.05) is 49.4 Å². The Hall–Kier alpha value is -1.95. The Labute approximate surface area is 149 Å². The highest BCUT2D eigenvalue weighted by molar-refractivity contribution is 7.89. The average molecular weight is 357 g/mol. The van der Waals surface area contributed by atoms with Crippen LogP contribution in [0.5, 0.6) is 0 Å². The van der Waals surface area contributed by atoms with Crippen molar-refractivity contribution in [3.63, 3.8) is 0 Å². The molecule has 0 aliphatic carbocycles. The van der Waals surface area contributed by atoms with E-state index in [9.17, 15) is 8.42 Å². The molecule has 2 aromatic carbocycles. The fourth-order valence-electron chi connectivity index (χ4n) is 3.03. The highest BCUT2D eigenvalue weighted by atomic mass is 32.2. The molecule has 0 saturated carbocycles. The summed E-state index contributed by atoms with van der Waals surface area (Å²) >= 11 is 0. The zero-order valence-electron chi connectivity index (χ0n) is 14.3. The maximum Gasteiger partial charge on any atom is 0.243 e. The van der Waals surface area contributed by atoms with Gasteiger partial charge in [0.05, 0.1) is 23.6 Å². The summed E-state index contributed by atoms with van der Waals surface area (Å²) in [5.74, 6) is 0. The lowest BCUT2D eigenvalue weighted by Crippen LogP contribution is -2.52. The van der Waals surface area contributed by atoms with Crippen LogP contribution in [0.3, 0.4) is 0 Å². The largest absolute Gasteiger partial charge is 0.371 e. The van der Waals surface area contributed by atoms with E-state index in [2.05, 4.69) is 6.58 Å².